The zero-order valence-corrected chi connectivity index (χ0v) is 14.8. The molecule has 0 radical (unpaired) electrons. The van der Waals surface area contributed by atoms with E-state index in [0.29, 0.717) is 30.3 Å². The Balaban J connectivity index is 1.36. The summed E-state index contributed by atoms with van der Waals surface area (Å²) in [4.78, 5) is 28.2. The summed E-state index contributed by atoms with van der Waals surface area (Å²) < 4.78 is 20.0. The van der Waals surface area contributed by atoms with Gasteiger partial charge < -0.3 is 9.64 Å². The number of carbonyl (C=O) groups excluding carboxylic acids is 1. The highest BCUT2D eigenvalue weighted by Gasteiger charge is 2.33. The van der Waals surface area contributed by atoms with E-state index in [2.05, 4.69) is 25.0 Å². The van der Waals surface area contributed by atoms with Crippen LogP contribution in [0.25, 0.3) is 5.69 Å². The number of ether oxygens (including phenoxy) is 1. The molecule has 0 N–H and O–H groups in total. The molecule has 1 fully saturated rings. The van der Waals surface area contributed by atoms with Crippen LogP contribution in [0.4, 0.5) is 16.0 Å². The van der Waals surface area contributed by atoms with Gasteiger partial charge >= 0.3 is 0 Å². The lowest BCUT2D eigenvalue weighted by molar-refractivity contribution is 0.0995. The molecule has 5 heterocycles. The number of hydrogen-bond donors (Lipinski definition) is 0. The van der Waals surface area contributed by atoms with Gasteiger partial charge in [0.15, 0.2) is 5.82 Å². The van der Waals surface area contributed by atoms with E-state index in [4.69, 9.17) is 4.74 Å². The summed E-state index contributed by atoms with van der Waals surface area (Å²) in [6.07, 6.45) is 5.64. The number of carbonyl (C=O) groups is 1. The van der Waals surface area contributed by atoms with Crippen molar-refractivity contribution >= 4 is 17.5 Å². The molecule has 0 bridgehead atoms. The van der Waals surface area contributed by atoms with Crippen molar-refractivity contribution in [1.29, 1.82) is 0 Å². The molecule has 1 amide bonds. The van der Waals surface area contributed by atoms with Gasteiger partial charge in [-0.2, -0.15) is 9.49 Å². The van der Waals surface area contributed by atoms with Gasteiger partial charge in [0.25, 0.3) is 5.91 Å². The average Bonchev–Trinajstić information content (AvgIpc) is 3.29. The van der Waals surface area contributed by atoms with Crippen LogP contribution in [0.1, 0.15) is 16.1 Å². The number of pyridine rings is 1. The second-order valence-corrected chi connectivity index (χ2v) is 6.50. The number of nitrogens with zero attached hydrogens (tertiary/aromatic N) is 7. The van der Waals surface area contributed by atoms with Gasteiger partial charge in [0.2, 0.25) is 5.95 Å². The van der Waals surface area contributed by atoms with Crippen LogP contribution in [0.15, 0.2) is 36.9 Å². The summed E-state index contributed by atoms with van der Waals surface area (Å²) in [5.41, 5.74) is 1.89. The van der Waals surface area contributed by atoms with Crippen LogP contribution in [0.2, 0.25) is 0 Å². The Bertz CT molecular complexity index is 1010. The molecule has 5 rings (SSSR count). The first-order valence-electron chi connectivity index (χ1n) is 8.86. The van der Waals surface area contributed by atoms with Crippen LogP contribution in [0, 0.1) is 5.95 Å². The number of amides is 1. The maximum Gasteiger partial charge on any atom is 0.263 e. The number of anilines is 2. The highest BCUT2D eigenvalue weighted by molar-refractivity contribution is 6.09. The van der Waals surface area contributed by atoms with Gasteiger partial charge in [-0.3, -0.25) is 9.69 Å². The monoisotopic (exact) mass is 381 g/mol. The first-order valence-corrected chi connectivity index (χ1v) is 8.86. The summed E-state index contributed by atoms with van der Waals surface area (Å²) in [6, 6.07) is 3.86. The van der Waals surface area contributed by atoms with Crippen LogP contribution < -0.4 is 9.80 Å². The largest absolute Gasteiger partial charge is 0.378 e. The quantitative estimate of drug-likeness (QED) is 0.673. The van der Waals surface area contributed by atoms with E-state index in [-0.39, 0.29) is 12.5 Å². The molecule has 1 saturated heterocycles. The smallest absolute Gasteiger partial charge is 0.263 e. The summed E-state index contributed by atoms with van der Waals surface area (Å²) in [7, 11) is 0. The van der Waals surface area contributed by atoms with Gasteiger partial charge in [0, 0.05) is 19.3 Å². The third kappa shape index (κ3) is 2.87. The number of fused-ring (bicyclic) bond motifs is 1. The predicted octanol–water partition coefficient (Wildman–Crippen LogP) is 1.19. The number of hydrogen-bond acceptors (Lipinski definition) is 7. The van der Waals surface area contributed by atoms with Crippen LogP contribution in [0.5, 0.6) is 0 Å². The highest BCUT2D eigenvalue weighted by Crippen LogP contribution is 2.27. The molecule has 0 aliphatic carbocycles. The number of aromatic nitrogens is 5. The van der Waals surface area contributed by atoms with E-state index >= 15 is 0 Å². The zero-order chi connectivity index (χ0) is 19.1. The number of halogens is 1. The Morgan fingerprint density at radius 2 is 1.82 bits per heavy atom. The maximum absolute atomic E-state index is 13.0. The van der Waals surface area contributed by atoms with Crippen molar-refractivity contribution in [3.63, 3.8) is 0 Å². The molecule has 3 aromatic rings. The van der Waals surface area contributed by atoms with Crippen LogP contribution in [-0.4, -0.2) is 56.9 Å². The van der Waals surface area contributed by atoms with Crippen molar-refractivity contribution < 1.29 is 13.9 Å². The Hall–Kier alpha value is -3.40. The van der Waals surface area contributed by atoms with Crippen LogP contribution in [-0.2, 0) is 11.3 Å². The molecular formula is C18H16FN7O2. The van der Waals surface area contributed by atoms with Crippen molar-refractivity contribution in [1.82, 2.24) is 24.7 Å². The molecule has 2 aliphatic heterocycles. The maximum atomic E-state index is 13.0. The molecule has 0 aromatic carbocycles. The van der Waals surface area contributed by atoms with Crippen molar-refractivity contribution in [3.8, 4) is 5.69 Å². The van der Waals surface area contributed by atoms with E-state index in [1.807, 2.05) is 12.1 Å². The first kappa shape index (κ1) is 16.8. The summed E-state index contributed by atoms with van der Waals surface area (Å²) in [5.74, 6) is 0.266. The fourth-order valence-corrected chi connectivity index (χ4v) is 3.33. The molecule has 0 atom stereocenters. The normalized spacial score (nSPS) is 16.5. The third-order valence-electron chi connectivity index (χ3n) is 4.79. The molecule has 142 valence electrons. The van der Waals surface area contributed by atoms with E-state index in [9.17, 15) is 9.18 Å². The summed E-state index contributed by atoms with van der Waals surface area (Å²) in [5, 5.41) is 4.51. The van der Waals surface area contributed by atoms with Gasteiger partial charge in [-0.05, 0) is 12.1 Å². The van der Waals surface area contributed by atoms with Crippen molar-refractivity contribution in [2.75, 3.05) is 36.1 Å². The minimum Gasteiger partial charge on any atom is -0.378 e. The molecule has 10 heteroatoms. The lowest BCUT2D eigenvalue weighted by Crippen LogP contribution is -2.36. The van der Waals surface area contributed by atoms with Gasteiger partial charge in [0.1, 0.15) is 5.82 Å². The van der Waals surface area contributed by atoms with Gasteiger partial charge in [0.05, 0.1) is 55.3 Å². The van der Waals surface area contributed by atoms with E-state index in [1.54, 1.807) is 17.1 Å². The fourth-order valence-electron chi connectivity index (χ4n) is 3.33. The van der Waals surface area contributed by atoms with Gasteiger partial charge in [-0.25, -0.2) is 19.6 Å². The zero-order valence-electron chi connectivity index (χ0n) is 14.8. The second kappa shape index (κ2) is 6.64. The summed E-state index contributed by atoms with van der Waals surface area (Å²) in [6.45, 7) is 3.30. The lowest BCUT2D eigenvalue weighted by atomic mass is 10.3. The lowest BCUT2D eigenvalue weighted by Gasteiger charge is -2.27. The van der Waals surface area contributed by atoms with E-state index in [1.165, 1.54) is 11.1 Å². The minimum absolute atomic E-state index is 0.236. The molecule has 3 aromatic heterocycles. The Morgan fingerprint density at radius 3 is 2.50 bits per heavy atom. The van der Waals surface area contributed by atoms with Crippen molar-refractivity contribution in [2.24, 2.45) is 0 Å². The highest BCUT2D eigenvalue weighted by atomic mass is 19.1. The fraction of sp³-hybridized carbons (Fsp3) is 0.278. The van der Waals surface area contributed by atoms with Crippen molar-refractivity contribution in [3.05, 3.63) is 54.1 Å². The van der Waals surface area contributed by atoms with E-state index in [0.717, 1.165) is 30.8 Å². The summed E-state index contributed by atoms with van der Waals surface area (Å²) >= 11 is 0. The van der Waals surface area contributed by atoms with Crippen LogP contribution in [0.3, 0.4) is 0 Å². The minimum atomic E-state index is -0.689. The molecule has 9 nitrogen and oxygen atoms in total. The second-order valence-electron chi connectivity index (χ2n) is 6.50. The third-order valence-corrected chi connectivity index (χ3v) is 4.79. The average molecular weight is 381 g/mol. The molecular weight excluding hydrogens is 365 g/mol. The topological polar surface area (TPSA) is 89.3 Å². The molecule has 2 aliphatic rings. The molecule has 0 saturated carbocycles. The molecule has 0 unspecified atom stereocenters. The van der Waals surface area contributed by atoms with Crippen molar-refractivity contribution in [2.45, 2.75) is 6.54 Å². The van der Waals surface area contributed by atoms with Gasteiger partial charge in [-0.1, -0.05) is 0 Å². The predicted molar refractivity (Wildman–Crippen MR) is 96.9 cm³/mol. The molecule has 0 spiro atoms. The van der Waals surface area contributed by atoms with E-state index < -0.39 is 5.95 Å². The Labute approximate surface area is 159 Å². The number of morpholine rings is 1. The van der Waals surface area contributed by atoms with Crippen LogP contribution >= 0.6 is 0 Å². The Morgan fingerprint density at radius 1 is 1.00 bits per heavy atom. The standard InChI is InChI=1S/C18H16FN7O2/c19-15-8-22-17(9-20-15)25-11-14-13(18(25)27)10-26(23-14)12-1-2-16(21-7-12)24-3-5-28-6-4-24/h1-2,7-10H,3-6,11H2. The van der Waals surface area contributed by atoms with Gasteiger partial charge in [-0.15, -0.1) is 0 Å². The first-order chi connectivity index (χ1) is 13.7. The number of rotatable bonds is 3. The SMILES string of the molecule is O=C1c2cn(-c3ccc(N4CCOCC4)nc3)nc2CN1c1cnc(F)cn1. The Kier molecular flexibility index (Phi) is 3.97. The molecule has 28 heavy (non-hydrogen) atoms.